The molecule has 0 fully saturated rings. The van der Waals surface area contributed by atoms with Crippen LogP contribution in [0, 0.1) is 0 Å². The van der Waals surface area contributed by atoms with Crippen molar-refractivity contribution in [1.29, 1.82) is 0 Å². The number of fused-ring (bicyclic) bond motifs is 1. The fourth-order valence-corrected chi connectivity index (χ4v) is 5.99. The Labute approximate surface area is 222 Å². The molecular weight excluding hydrogens is 506 g/mol. The molecule has 9 nitrogen and oxygen atoms in total. The first-order valence-electron chi connectivity index (χ1n) is 12.2. The number of anilines is 1. The van der Waals surface area contributed by atoms with Crippen LogP contribution in [0.25, 0.3) is 0 Å². The zero-order valence-corrected chi connectivity index (χ0v) is 22.2. The second kappa shape index (κ2) is 11.2. The summed E-state index contributed by atoms with van der Waals surface area (Å²) >= 11 is 0. The minimum Gasteiger partial charge on any atom is -0.495 e. The van der Waals surface area contributed by atoms with Crippen molar-refractivity contribution in [2.75, 3.05) is 25.5 Å². The number of nitrogens with zero attached hydrogens (tertiary/aromatic N) is 2. The van der Waals surface area contributed by atoms with Crippen LogP contribution in [0.3, 0.4) is 0 Å². The van der Waals surface area contributed by atoms with Gasteiger partial charge in [0.15, 0.2) is 0 Å². The van der Waals surface area contributed by atoms with Crippen LogP contribution in [-0.2, 0) is 21.2 Å². The van der Waals surface area contributed by atoms with E-state index in [2.05, 4.69) is 5.32 Å². The molecule has 0 saturated heterocycles. The van der Waals surface area contributed by atoms with E-state index in [9.17, 15) is 22.8 Å². The number of sulfonamides is 1. The molecule has 0 radical (unpaired) electrons. The van der Waals surface area contributed by atoms with Crippen LogP contribution >= 0.6 is 0 Å². The summed E-state index contributed by atoms with van der Waals surface area (Å²) in [5.41, 5.74) is 1.32. The summed E-state index contributed by atoms with van der Waals surface area (Å²) in [6, 6.07) is 18.5. The van der Waals surface area contributed by atoms with E-state index in [1.807, 2.05) is 6.07 Å². The Kier molecular flexibility index (Phi) is 7.94. The lowest BCUT2D eigenvalue weighted by molar-refractivity contribution is -0.119. The molecule has 1 N–H and O–H groups in total. The van der Waals surface area contributed by atoms with Gasteiger partial charge in [-0.25, -0.2) is 8.42 Å². The highest BCUT2D eigenvalue weighted by atomic mass is 32.2. The van der Waals surface area contributed by atoms with E-state index < -0.39 is 33.8 Å². The van der Waals surface area contributed by atoms with Crippen LogP contribution in [0.2, 0.25) is 0 Å². The van der Waals surface area contributed by atoms with Crippen molar-refractivity contribution in [2.45, 2.75) is 31.2 Å². The average molecular weight is 536 g/mol. The maximum atomic E-state index is 13.7. The normalized spacial score (nSPS) is 13.9. The number of carbonyl (C=O) groups excluding carboxylic acids is 3. The van der Waals surface area contributed by atoms with Crippen molar-refractivity contribution in [3.63, 3.8) is 0 Å². The van der Waals surface area contributed by atoms with Crippen molar-refractivity contribution in [1.82, 2.24) is 9.21 Å². The summed E-state index contributed by atoms with van der Waals surface area (Å²) < 4.78 is 32.9. The smallest absolute Gasteiger partial charge is 0.262 e. The molecule has 3 amide bonds. The molecule has 3 aromatic carbocycles. The fourth-order valence-electron chi connectivity index (χ4n) is 4.50. The number of rotatable bonds is 10. The monoisotopic (exact) mass is 535 g/mol. The average Bonchev–Trinajstić information content (AvgIpc) is 3.18. The van der Waals surface area contributed by atoms with E-state index in [0.29, 0.717) is 0 Å². The number of amides is 3. The largest absolute Gasteiger partial charge is 0.495 e. The molecule has 0 aliphatic carbocycles. The van der Waals surface area contributed by atoms with Gasteiger partial charge >= 0.3 is 0 Å². The van der Waals surface area contributed by atoms with Gasteiger partial charge in [-0.2, -0.15) is 4.31 Å². The molecule has 1 heterocycles. The number of hydrogen-bond acceptors (Lipinski definition) is 6. The number of benzene rings is 3. The van der Waals surface area contributed by atoms with Crippen molar-refractivity contribution >= 4 is 33.4 Å². The molecule has 198 valence electrons. The first-order valence-corrected chi connectivity index (χ1v) is 13.7. The zero-order chi connectivity index (χ0) is 27.4. The molecule has 3 aromatic rings. The molecule has 38 heavy (non-hydrogen) atoms. The van der Waals surface area contributed by atoms with Gasteiger partial charge in [0.05, 0.1) is 28.8 Å². The lowest BCUT2D eigenvalue weighted by atomic mass is 10.0. The van der Waals surface area contributed by atoms with E-state index >= 15 is 0 Å². The highest BCUT2D eigenvalue weighted by Crippen LogP contribution is 2.31. The van der Waals surface area contributed by atoms with Crippen LogP contribution in [-0.4, -0.2) is 61.6 Å². The topological polar surface area (TPSA) is 113 Å². The van der Waals surface area contributed by atoms with Crippen LogP contribution in [0.15, 0.2) is 77.7 Å². The van der Waals surface area contributed by atoms with Crippen molar-refractivity contribution in [3.8, 4) is 5.75 Å². The minimum atomic E-state index is -3.81. The molecule has 0 bridgehead atoms. The minimum absolute atomic E-state index is 0.0161. The van der Waals surface area contributed by atoms with Crippen molar-refractivity contribution in [3.05, 3.63) is 89.5 Å². The van der Waals surface area contributed by atoms with E-state index in [-0.39, 0.29) is 47.0 Å². The Bertz CT molecular complexity index is 1430. The van der Waals surface area contributed by atoms with E-state index in [1.165, 1.54) is 29.6 Å². The van der Waals surface area contributed by atoms with E-state index in [1.54, 1.807) is 62.4 Å². The lowest BCUT2D eigenvalue weighted by Gasteiger charge is -2.26. The van der Waals surface area contributed by atoms with E-state index in [4.69, 9.17) is 4.74 Å². The van der Waals surface area contributed by atoms with Gasteiger partial charge in [-0.05, 0) is 35.9 Å². The van der Waals surface area contributed by atoms with Crippen LogP contribution in [0.1, 0.15) is 40.1 Å². The number of carbonyl (C=O) groups is 3. The summed E-state index contributed by atoms with van der Waals surface area (Å²) in [6.07, 6.45) is 0.0674. The number of ether oxygens (including phenoxy) is 1. The second-order valence-electron chi connectivity index (χ2n) is 8.67. The molecular formula is C28H29N3O6S. The number of hydrogen-bond donors (Lipinski definition) is 1. The van der Waals surface area contributed by atoms with Crippen molar-refractivity contribution in [2.24, 2.45) is 0 Å². The first-order chi connectivity index (χ1) is 18.2. The first kappa shape index (κ1) is 27.0. The van der Waals surface area contributed by atoms with Gasteiger partial charge in [0.2, 0.25) is 15.9 Å². The SMILES string of the molecule is CCN(CC)S(=O)(=O)c1ccc(OC)c(NC(=O)[C@@H](Cc2ccccc2)N2C(=O)c3ccccc3C2=O)c1. The Morgan fingerprint density at radius 1 is 0.921 bits per heavy atom. The highest BCUT2D eigenvalue weighted by molar-refractivity contribution is 7.89. The number of methoxy groups -OCH3 is 1. The quantitative estimate of drug-likeness (QED) is 0.397. The molecule has 0 spiro atoms. The fraction of sp³-hybridized carbons (Fsp3) is 0.250. The van der Waals surface area contributed by atoms with Gasteiger partial charge in [0.25, 0.3) is 11.8 Å². The number of nitrogens with one attached hydrogen (secondary N) is 1. The third-order valence-electron chi connectivity index (χ3n) is 6.48. The molecule has 0 aromatic heterocycles. The molecule has 4 rings (SSSR count). The third kappa shape index (κ3) is 5.05. The summed E-state index contributed by atoms with van der Waals surface area (Å²) in [5.74, 6) is -1.55. The van der Waals surface area contributed by atoms with Crippen molar-refractivity contribution < 1.29 is 27.5 Å². The van der Waals surface area contributed by atoms with Gasteiger partial charge in [-0.1, -0.05) is 56.3 Å². The van der Waals surface area contributed by atoms with Gasteiger partial charge in [0.1, 0.15) is 11.8 Å². The molecule has 10 heteroatoms. The third-order valence-corrected chi connectivity index (χ3v) is 8.53. The maximum absolute atomic E-state index is 13.7. The van der Waals surface area contributed by atoms with Gasteiger partial charge in [0, 0.05) is 19.5 Å². The molecule has 1 atom stereocenters. The summed E-state index contributed by atoms with van der Waals surface area (Å²) in [6.45, 7) is 4.05. The zero-order valence-electron chi connectivity index (χ0n) is 21.4. The van der Waals surface area contributed by atoms with E-state index in [0.717, 1.165) is 10.5 Å². The highest BCUT2D eigenvalue weighted by Gasteiger charge is 2.43. The lowest BCUT2D eigenvalue weighted by Crippen LogP contribution is -2.48. The standard InChI is InChI=1S/C28H29N3O6S/c1-4-30(5-2)38(35,36)20-15-16-25(37-3)23(18-20)29-26(32)24(17-19-11-7-6-8-12-19)31-27(33)21-13-9-10-14-22(21)28(31)34/h6-16,18,24H,4-5,17H2,1-3H3,(H,29,32)/t24-/m1/s1. The maximum Gasteiger partial charge on any atom is 0.262 e. The van der Waals surface area contributed by atoms with Gasteiger partial charge in [-0.3, -0.25) is 19.3 Å². The molecule has 0 saturated carbocycles. The predicted molar refractivity (Wildman–Crippen MR) is 143 cm³/mol. The second-order valence-corrected chi connectivity index (χ2v) is 10.6. The molecule has 0 unspecified atom stereocenters. The number of imide groups is 1. The Balaban J connectivity index is 1.72. The molecule has 1 aliphatic rings. The Morgan fingerprint density at radius 3 is 2.05 bits per heavy atom. The van der Waals surface area contributed by atoms with Crippen LogP contribution in [0.4, 0.5) is 5.69 Å². The predicted octanol–water partition coefficient (Wildman–Crippen LogP) is 3.57. The Hall–Kier alpha value is -4.02. The summed E-state index contributed by atoms with van der Waals surface area (Å²) in [7, 11) is -2.42. The summed E-state index contributed by atoms with van der Waals surface area (Å²) in [4.78, 5) is 41.2. The van der Waals surface area contributed by atoms with Gasteiger partial charge in [-0.15, -0.1) is 0 Å². The Morgan fingerprint density at radius 2 is 1.50 bits per heavy atom. The van der Waals surface area contributed by atoms with Crippen LogP contribution < -0.4 is 10.1 Å². The summed E-state index contributed by atoms with van der Waals surface area (Å²) in [5, 5.41) is 2.72. The van der Waals surface area contributed by atoms with Crippen LogP contribution in [0.5, 0.6) is 5.75 Å². The van der Waals surface area contributed by atoms with Gasteiger partial charge < -0.3 is 10.1 Å². The molecule has 1 aliphatic heterocycles.